The van der Waals surface area contributed by atoms with Crippen LogP contribution in [0.3, 0.4) is 0 Å². The van der Waals surface area contributed by atoms with E-state index < -0.39 is 6.10 Å². The third-order valence-electron chi connectivity index (χ3n) is 14.5. The number of unbranched alkanes of at least 4 members (excludes halogenated alkanes) is 34. The van der Waals surface area contributed by atoms with Gasteiger partial charge in [0.1, 0.15) is 13.2 Å². The van der Waals surface area contributed by atoms with Gasteiger partial charge in [0.15, 0.2) is 6.10 Å². The largest absolute Gasteiger partial charge is 0.462 e. The summed E-state index contributed by atoms with van der Waals surface area (Å²) in [5.41, 5.74) is 0. The maximum Gasteiger partial charge on any atom is 0.306 e. The molecule has 0 aliphatic carbocycles. The number of rotatable bonds is 61. The van der Waals surface area contributed by atoms with E-state index in [2.05, 4.69) is 118 Å². The van der Waals surface area contributed by atoms with Crippen LogP contribution in [-0.2, 0) is 28.6 Å². The normalized spacial score (nSPS) is 12.7. The lowest BCUT2D eigenvalue weighted by Gasteiger charge is -2.18. The summed E-state index contributed by atoms with van der Waals surface area (Å²) in [4.78, 5) is 38.4. The molecule has 0 spiro atoms. The monoisotopic (exact) mass is 1100 g/mol. The van der Waals surface area contributed by atoms with Gasteiger partial charge in [-0.15, -0.1) is 0 Å². The fourth-order valence-corrected chi connectivity index (χ4v) is 9.50. The van der Waals surface area contributed by atoms with E-state index in [0.29, 0.717) is 19.3 Å². The lowest BCUT2D eigenvalue weighted by Crippen LogP contribution is -2.30. The third kappa shape index (κ3) is 65.0. The molecule has 0 heterocycles. The first-order valence-corrected chi connectivity index (χ1v) is 33.7. The van der Waals surface area contributed by atoms with Gasteiger partial charge < -0.3 is 14.2 Å². The lowest BCUT2D eigenvalue weighted by molar-refractivity contribution is -0.167. The Morgan fingerprint density at radius 2 is 0.494 bits per heavy atom. The number of esters is 3. The molecule has 0 aromatic heterocycles. The van der Waals surface area contributed by atoms with Gasteiger partial charge in [0, 0.05) is 19.3 Å². The fraction of sp³-hybridized carbons (Fsp3) is 0.740. The first kappa shape index (κ1) is 75.3. The number of hydrogen-bond donors (Lipinski definition) is 0. The predicted molar refractivity (Wildman–Crippen MR) is 344 cm³/mol. The number of carbonyl (C=O) groups excluding carboxylic acids is 3. The topological polar surface area (TPSA) is 78.9 Å². The van der Waals surface area contributed by atoms with Crippen molar-refractivity contribution < 1.29 is 28.6 Å². The molecule has 0 saturated carbocycles. The summed E-state index contributed by atoms with van der Waals surface area (Å²) < 4.78 is 17.0. The fourth-order valence-electron chi connectivity index (χ4n) is 9.50. The zero-order valence-corrected chi connectivity index (χ0v) is 52.1. The number of carbonyl (C=O) groups is 3. The van der Waals surface area contributed by atoms with E-state index >= 15 is 0 Å². The molecule has 0 saturated heterocycles. The molecule has 0 aliphatic rings. The van der Waals surface area contributed by atoms with Crippen molar-refractivity contribution in [1.29, 1.82) is 0 Å². The highest BCUT2D eigenvalue weighted by molar-refractivity contribution is 5.71. The summed E-state index contributed by atoms with van der Waals surface area (Å²) in [6.45, 7) is 6.53. The Balaban J connectivity index is 4.43. The highest BCUT2D eigenvalue weighted by Crippen LogP contribution is 2.16. The molecule has 0 aliphatic heterocycles. The van der Waals surface area contributed by atoms with Gasteiger partial charge in [0.2, 0.25) is 0 Å². The van der Waals surface area contributed by atoms with Crippen molar-refractivity contribution in [2.45, 2.75) is 335 Å². The van der Waals surface area contributed by atoms with Gasteiger partial charge in [0.25, 0.3) is 0 Å². The molecule has 0 N–H and O–H groups in total. The minimum Gasteiger partial charge on any atom is -0.462 e. The quantitative estimate of drug-likeness (QED) is 0.0261. The van der Waals surface area contributed by atoms with Gasteiger partial charge in [-0.05, 0) is 122 Å². The average molecular weight is 1100 g/mol. The maximum atomic E-state index is 13.0. The molecule has 6 nitrogen and oxygen atoms in total. The maximum absolute atomic E-state index is 13.0. The molecule has 0 aromatic carbocycles. The molecule has 1 unspecified atom stereocenters. The van der Waals surface area contributed by atoms with Gasteiger partial charge >= 0.3 is 17.9 Å². The molecular formula is C73H126O6. The Labute approximate surface area is 489 Å². The highest BCUT2D eigenvalue weighted by atomic mass is 16.6. The Kier molecular flexibility index (Phi) is 63.7. The molecule has 0 radical (unpaired) electrons. The van der Waals surface area contributed by atoms with Crippen LogP contribution in [0.1, 0.15) is 329 Å². The van der Waals surface area contributed by atoms with Crippen molar-refractivity contribution >= 4 is 17.9 Å². The molecule has 79 heavy (non-hydrogen) atoms. The van der Waals surface area contributed by atoms with Crippen LogP contribution < -0.4 is 0 Å². The average Bonchev–Trinajstić information content (AvgIpc) is 3.45. The second kappa shape index (κ2) is 66.8. The van der Waals surface area contributed by atoms with Crippen molar-refractivity contribution in [1.82, 2.24) is 0 Å². The summed E-state index contributed by atoms with van der Waals surface area (Å²) in [6, 6.07) is 0. The van der Waals surface area contributed by atoms with Gasteiger partial charge in [-0.1, -0.05) is 285 Å². The van der Waals surface area contributed by atoms with E-state index in [-0.39, 0.29) is 31.1 Å². The molecule has 0 aromatic rings. The van der Waals surface area contributed by atoms with Gasteiger partial charge in [-0.3, -0.25) is 14.4 Å². The van der Waals surface area contributed by atoms with Crippen LogP contribution in [0, 0.1) is 0 Å². The van der Waals surface area contributed by atoms with E-state index in [1.54, 1.807) is 0 Å². The van der Waals surface area contributed by atoms with E-state index in [0.717, 1.165) is 116 Å². The van der Waals surface area contributed by atoms with Crippen LogP contribution in [0.4, 0.5) is 0 Å². The smallest absolute Gasteiger partial charge is 0.306 e. The van der Waals surface area contributed by atoms with E-state index in [1.165, 1.54) is 173 Å². The molecule has 1 atom stereocenters. The zero-order chi connectivity index (χ0) is 57.1. The molecule has 0 amide bonds. The van der Waals surface area contributed by atoms with E-state index in [9.17, 15) is 14.4 Å². The first-order chi connectivity index (χ1) is 39.0. The van der Waals surface area contributed by atoms with Crippen LogP contribution in [0.25, 0.3) is 0 Å². The Morgan fingerprint density at radius 1 is 0.266 bits per heavy atom. The zero-order valence-electron chi connectivity index (χ0n) is 52.1. The van der Waals surface area contributed by atoms with Crippen LogP contribution in [0.15, 0.2) is 97.2 Å². The summed E-state index contributed by atoms with van der Waals surface area (Å²) in [5, 5.41) is 0. The van der Waals surface area contributed by atoms with Gasteiger partial charge in [-0.2, -0.15) is 0 Å². The molecule has 6 heteroatoms. The van der Waals surface area contributed by atoms with E-state index in [1.807, 2.05) is 0 Å². The third-order valence-corrected chi connectivity index (χ3v) is 14.5. The molecule has 0 rings (SSSR count). The van der Waals surface area contributed by atoms with Crippen molar-refractivity contribution in [3.05, 3.63) is 97.2 Å². The minimum absolute atomic E-state index is 0.0893. The molecule has 454 valence electrons. The minimum atomic E-state index is -0.794. The Bertz CT molecular complexity index is 1540. The highest BCUT2D eigenvalue weighted by Gasteiger charge is 2.19. The van der Waals surface area contributed by atoms with Crippen LogP contribution >= 0.6 is 0 Å². The van der Waals surface area contributed by atoms with E-state index in [4.69, 9.17) is 14.2 Å². The van der Waals surface area contributed by atoms with Gasteiger partial charge in [-0.25, -0.2) is 0 Å². The first-order valence-electron chi connectivity index (χ1n) is 33.7. The number of hydrogen-bond acceptors (Lipinski definition) is 6. The Morgan fingerprint density at radius 3 is 0.785 bits per heavy atom. The molecule has 0 fully saturated rings. The van der Waals surface area contributed by atoms with Crippen LogP contribution in [0.5, 0.6) is 0 Å². The summed E-state index contributed by atoms with van der Waals surface area (Å²) >= 11 is 0. The molecule has 0 bridgehead atoms. The van der Waals surface area contributed by atoms with Crippen molar-refractivity contribution in [2.24, 2.45) is 0 Å². The standard InChI is InChI=1S/C73H126O6/c1-4-7-10-13-16-19-22-25-28-31-34-36-39-42-45-48-51-54-57-60-63-66-72(75)78-69-70(68-77-71(74)65-62-59-56-53-50-47-44-41-38-33-30-27-24-21-18-15-12-9-6-3)79-73(76)67-64-61-58-55-52-49-46-43-40-37-35-32-29-26-23-20-17-14-11-8-5-2/h9,12,18,21-22,25,27,30-32,34-35,38-39,41-42,70H,4-8,10-11,13-17,19-20,23-24,26,28-29,33,36-37,40,43-69H2,1-3H3/b12-9-,21-18-,25-22-,30-27-,34-31-,35-32-,41-38-,42-39-. The van der Waals surface area contributed by atoms with Crippen molar-refractivity contribution in [2.75, 3.05) is 13.2 Å². The Hall–Kier alpha value is -3.67. The second-order valence-corrected chi connectivity index (χ2v) is 22.3. The number of allylic oxidation sites excluding steroid dienone is 16. The number of ether oxygens (including phenoxy) is 3. The SMILES string of the molecule is CC/C=C\C/C=C\C/C=C\C/C=C\CCCCCCCCC(=O)OCC(COC(=O)CCCCCCCC/C=C\C/C=C\C/C=C\CCCCCCC)OC(=O)CCCCCCCCCCC/C=C\CCCCCCCCCC. The van der Waals surface area contributed by atoms with Crippen LogP contribution in [-0.4, -0.2) is 37.2 Å². The molecular weight excluding hydrogens is 973 g/mol. The van der Waals surface area contributed by atoms with Crippen LogP contribution in [0.2, 0.25) is 0 Å². The van der Waals surface area contributed by atoms with Crippen molar-refractivity contribution in [3.8, 4) is 0 Å². The summed E-state index contributed by atoms with van der Waals surface area (Å²) in [7, 11) is 0. The summed E-state index contributed by atoms with van der Waals surface area (Å²) in [6.07, 6.45) is 89.8. The predicted octanol–water partition coefficient (Wildman–Crippen LogP) is 23.2. The second-order valence-electron chi connectivity index (χ2n) is 22.3. The van der Waals surface area contributed by atoms with Gasteiger partial charge in [0.05, 0.1) is 0 Å². The summed E-state index contributed by atoms with van der Waals surface area (Å²) in [5.74, 6) is -0.904. The van der Waals surface area contributed by atoms with Crippen molar-refractivity contribution in [3.63, 3.8) is 0 Å². The lowest BCUT2D eigenvalue weighted by atomic mass is 10.1.